The summed E-state index contributed by atoms with van der Waals surface area (Å²) in [6.45, 7) is 3.10. The van der Waals surface area contributed by atoms with Crippen LogP contribution >= 0.6 is 0 Å². The molecule has 0 bridgehead atoms. The average molecular weight is 319 g/mol. The summed E-state index contributed by atoms with van der Waals surface area (Å²) in [6, 6.07) is 4.02. The molecule has 1 saturated carbocycles. The minimum absolute atomic E-state index is 0.0467. The molecule has 0 spiro atoms. The van der Waals surface area contributed by atoms with Crippen LogP contribution in [0.25, 0.3) is 0 Å². The Balaban J connectivity index is 2.00. The summed E-state index contributed by atoms with van der Waals surface area (Å²) < 4.78 is 0. The number of hydrogen-bond donors (Lipinski definition) is 1. The molecule has 5 heteroatoms. The Kier molecular flexibility index (Phi) is 6.99. The number of aromatic nitrogens is 1. The first-order valence-corrected chi connectivity index (χ1v) is 8.64. The maximum Gasteiger partial charge on any atom is 0.239 e. The molecule has 1 unspecified atom stereocenters. The van der Waals surface area contributed by atoms with E-state index in [-0.39, 0.29) is 18.6 Å². The fraction of sp³-hybridized carbons (Fsp3) is 0.667. The van der Waals surface area contributed by atoms with E-state index in [1.165, 1.54) is 19.3 Å². The van der Waals surface area contributed by atoms with Gasteiger partial charge in [-0.25, -0.2) is 0 Å². The van der Waals surface area contributed by atoms with E-state index in [9.17, 15) is 9.90 Å². The highest BCUT2D eigenvalue weighted by atomic mass is 16.3. The molecule has 1 heterocycles. The normalized spacial score (nSPS) is 17.2. The molecule has 1 aliphatic rings. The van der Waals surface area contributed by atoms with Crippen LogP contribution in [0.5, 0.6) is 0 Å². The van der Waals surface area contributed by atoms with Crippen LogP contribution in [0, 0.1) is 0 Å². The molecule has 1 aliphatic carbocycles. The van der Waals surface area contributed by atoms with Crippen molar-refractivity contribution in [2.24, 2.45) is 0 Å². The highest BCUT2D eigenvalue weighted by molar-refractivity contribution is 5.81. The third kappa shape index (κ3) is 5.01. The van der Waals surface area contributed by atoms with Gasteiger partial charge in [-0.15, -0.1) is 0 Å². The van der Waals surface area contributed by atoms with Crippen LogP contribution in [0.2, 0.25) is 0 Å². The van der Waals surface area contributed by atoms with Crippen molar-refractivity contribution in [1.29, 1.82) is 0 Å². The van der Waals surface area contributed by atoms with E-state index in [2.05, 4.69) is 4.98 Å². The largest absolute Gasteiger partial charge is 0.395 e. The lowest BCUT2D eigenvalue weighted by atomic mass is 9.94. The van der Waals surface area contributed by atoms with Crippen molar-refractivity contribution < 1.29 is 9.90 Å². The van der Waals surface area contributed by atoms with Gasteiger partial charge in [0.15, 0.2) is 0 Å². The summed E-state index contributed by atoms with van der Waals surface area (Å²) in [5.74, 6) is 0.147. The van der Waals surface area contributed by atoms with Gasteiger partial charge in [-0.05, 0) is 31.4 Å². The van der Waals surface area contributed by atoms with Gasteiger partial charge in [-0.3, -0.25) is 14.7 Å². The van der Waals surface area contributed by atoms with Crippen molar-refractivity contribution in [3.63, 3.8) is 0 Å². The van der Waals surface area contributed by atoms with Gasteiger partial charge < -0.3 is 10.0 Å². The Hall–Kier alpha value is -1.46. The van der Waals surface area contributed by atoms with Gasteiger partial charge >= 0.3 is 0 Å². The minimum Gasteiger partial charge on any atom is -0.395 e. The molecular formula is C18H29N3O2. The first kappa shape index (κ1) is 17.9. The number of likely N-dealkylation sites (N-methyl/N-ethyl adjacent to an activating group) is 1. The van der Waals surface area contributed by atoms with Gasteiger partial charge in [0.05, 0.1) is 12.6 Å². The van der Waals surface area contributed by atoms with Gasteiger partial charge in [-0.1, -0.05) is 25.3 Å². The number of carbonyl (C=O) groups excluding carboxylic acids is 1. The van der Waals surface area contributed by atoms with Crippen LogP contribution in [-0.2, 0) is 11.3 Å². The number of rotatable bonds is 7. The third-order valence-electron chi connectivity index (χ3n) is 4.87. The molecular weight excluding hydrogens is 290 g/mol. The van der Waals surface area contributed by atoms with Gasteiger partial charge in [0.2, 0.25) is 5.91 Å². The van der Waals surface area contributed by atoms with Crippen molar-refractivity contribution in [2.75, 3.05) is 20.2 Å². The summed E-state index contributed by atoms with van der Waals surface area (Å²) in [5, 5.41) is 9.35. The van der Waals surface area contributed by atoms with Gasteiger partial charge in [0.25, 0.3) is 0 Å². The molecule has 1 amide bonds. The quantitative estimate of drug-likeness (QED) is 0.836. The van der Waals surface area contributed by atoms with Gasteiger partial charge in [0.1, 0.15) is 0 Å². The molecule has 0 radical (unpaired) electrons. The lowest BCUT2D eigenvalue weighted by Crippen LogP contribution is -2.49. The zero-order chi connectivity index (χ0) is 16.7. The maximum absolute atomic E-state index is 12.8. The predicted octanol–water partition coefficient (Wildman–Crippen LogP) is 2.06. The van der Waals surface area contributed by atoms with Crippen molar-refractivity contribution in [2.45, 2.75) is 57.7 Å². The molecule has 1 aromatic rings. The first-order valence-electron chi connectivity index (χ1n) is 8.64. The summed E-state index contributed by atoms with van der Waals surface area (Å²) >= 11 is 0. The number of hydrogen-bond acceptors (Lipinski definition) is 4. The molecule has 5 nitrogen and oxygen atoms in total. The molecule has 0 aromatic carbocycles. The summed E-state index contributed by atoms with van der Waals surface area (Å²) in [5.41, 5.74) is 1.06. The topological polar surface area (TPSA) is 56.7 Å². The highest BCUT2D eigenvalue weighted by Crippen LogP contribution is 2.22. The van der Waals surface area contributed by atoms with Crippen LogP contribution in [0.4, 0.5) is 0 Å². The van der Waals surface area contributed by atoms with Crippen LogP contribution in [0.1, 0.15) is 44.6 Å². The summed E-state index contributed by atoms with van der Waals surface area (Å²) in [7, 11) is 1.93. The second-order valence-electron chi connectivity index (χ2n) is 6.47. The SMILES string of the molecule is CC(C(=O)N(C)C1CCCCC1)N(CCO)Cc1cccnc1. The number of aliphatic hydroxyl groups excluding tert-OH is 1. The molecule has 0 saturated heterocycles. The van der Waals surface area contributed by atoms with Crippen molar-refractivity contribution in [3.05, 3.63) is 30.1 Å². The number of carbonyl (C=O) groups is 1. The lowest BCUT2D eigenvalue weighted by molar-refractivity contribution is -0.138. The van der Waals surface area contributed by atoms with Crippen LogP contribution in [0.3, 0.4) is 0 Å². The standard InChI is InChI=1S/C18H29N3O2/c1-15(18(23)20(2)17-8-4-3-5-9-17)21(11-12-22)14-16-7-6-10-19-13-16/h6-7,10,13,15,17,22H,3-5,8-9,11-12,14H2,1-2H3. The Bertz CT molecular complexity index is 474. The molecule has 1 aromatic heterocycles. The fourth-order valence-electron chi connectivity index (χ4n) is 3.36. The van der Waals surface area contributed by atoms with E-state index in [0.29, 0.717) is 19.1 Å². The number of nitrogens with zero attached hydrogens (tertiary/aromatic N) is 3. The van der Waals surface area contributed by atoms with E-state index < -0.39 is 0 Å². The number of aliphatic hydroxyl groups is 1. The van der Waals surface area contributed by atoms with Crippen molar-refractivity contribution >= 4 is 5.91 Å². The lowest BCUT2D eigenvalue weighted by Gasteiger charge is -2.36. The highest BCUT2D eigenvalue weighted by Gasteiger charge is 2.28. The zero-order valence-corrected chi connectivity index (χ0v) is 14.3. The molecule has 1 atom stereocenters. The van der Waals surface area contributed by atoms with E-state index >= 15 is 0 Å². The molecule has 23 heavy (non-hydrogen) atoms. The summed E-state index contributed by atoms with van der Waals surface area (Å²) in [4.78, 5) is 20.9. The van der Waals surface area contributed by atoms with Crippen molar-refractivity contribution in [1.82, 2.24) is 14.8 Å². The molecule has 2 rings (SSSR count). The molecule has 0 aliphatic heterocycles. The van der Waals surface area contributed by atoms with E-state index in [1.54, 1.807) is 6.20 Å². The second kappa shape index (κ2) is 8.99. The Morgan fingerprint density at radius 1 is 1.39 bits per heavy atom. The monoisotopic (exact) mass is 319 g/mol. The predicted molar refractivity (Wildman–Crippen MR) is 90.8 cm³/mol. The van der Waals surface area contributed by atoms with Crippen LogP contribution < -0.4 is 0 Å². The van der Waals surface area contributed by atoms with E-state index in [1.807, 2.05) is 42.1 Å². The molecule has 1 fully saturated rings. The number of amides is 1. The van der Waals surface area contributed by atoms with E-state index in [4.69, 9.17) is 0 Å². The minimum atomic E-state index is -0.241. The number of pyridine rings is 1. The third-order valence-corrected chi connectivity index (χ3v) is 4.87. The average Bonchev–Trinajstić information content (AvgIpc) is 2.61. The zero-order valence-electron chi connectivity index (χ0n) is 14.3. The fourth-order valence-corrected chi connectivity index (χ4v) is 3.36. The van der Waals surface area contributed by atoms with Crippen molar-refractivity contribution in [3.8, 4) is 0 Å². The molecule has 1 N–H and O–H groups in total. The summed E-state index contributed by atoms with van der Waals surface area (Å²) in [6.07, 6.45) is 9.48. The Morgan fingerprint density at radius 3 is 2.74 bits per heavy atom. The first-order chi connectivity index (χ1) is 11.1. The van der Waals surface area contributed by atoms with Crippen LogP contribution in [-0.4, -0.2) is 58.1 Å². The molecule has 128 valence electrons. The maximum atomic E-state index is 12.8. The smallest absolute Gasteiger partial charge is 0.239 e. The van der Waals surface area contributed by atoms with Gasteiger partial charge in [-0.2, -0.15) is 0 Å². The van der Waals surface area contributed by atoms with E-state index in [0.717, 1.165) is 18.4 Å². The van der Waals surface area contributed by atoms with Crippen LogP contribution in [0.15, 0.2) is 24.5 Å². The Labute approximate surface area is 139 Å². The second-order valence-corrected chi connectivity index (χ2v) is 6.47. The van der Waals surface area contributed by atoms with Gasteiger partial charge in [0, 0.05) is 38.6 Å². The Morgan fingerprint density at radius 2 is 2.13 bits per heavy atom.